The number of guanidine groups is 1. The van der Waals surface area contributed by atoms with E-state index in [-0.39, 0.29) is 36.6 Å². The molecule has 0 atom stereocenters. The van der Waals surface area contributed by atoms with Crippen LogP contribution in [0.5, 0.6) is 0 Å². The van der Waals surface area contributed by atoms with Crippen LogP contribution in [-0.2, 0) is 4.79 Å². The zero-order chi connectivity index (χ0) is 17.7. The molecule has 1 aliphatic rings. The quantitative estimate of drug-likeness (QED) is 0.382. The van der Waals surface area contributed by atoms with Gasteiger partial charge in [0.05, 0.1) is 6.54 Å². The Bertz CT molecular complexity index is 431. The Balaban J connectivity index is 0.00000529. The molecular formula is C15H28F3IN4O. The highest BCUT2D eigenvalue weighted by atomic mass is 127. The molecule has 0 bridgehead atoms. The number of amides is 1. The Labute approximate surface area is 158 Å². The van der Waals surface area contributed by atoms with Gasteiger partial charge in [-0.25, -0.2) is 0 Å². The lowest BCUT2D eigenvalue weighted by Gasteiger charge is -2.35. The van der Waals surface area contributed by atoms with Crippen molar-refractivity contribution in [1.82, 2.24) is 15.5 Å². The minimum atomic E-state index is -4.39. The highest BCUT2D eigenvalue weighted by Crippen LogP contribution is 2.34. The third-order valence-corrected chi connectivity index (χ3v) is 4.15. The molecule has 0 radical (unpaired) electrons. The van der Waals surface area contributed by atoms with E-state index in [0.717, 1.165) is 32.7 Å². The molecule has 0 aromatic heterocycles. The third kappa shape index (κ3) is 8.93. The summed E-state index contributed by atoms with van der Waals surface area (Å²) in [6, 6.07) is 0.275. The number of carbonyl (C=O) groups excluding carboxylic acids is 1. The summed E-state index contributed by atoms with van der Waals surface area (Å²) in [6.07, 6.45) is -0.158. The van der Waals surface area contributed by atoms with Crippen molar-refractivity contribution in [2.45, 2.75) is 51.7 Å². The Kier molecular flexibility index (Phi) is 9.37. The van der Waals surface area contributed by atoms with Gasteiger partial charge in [-0.2, -0.15) is 13.2 Å². The molecule has 0 aromatic carbocycles. The minimum absolute atomic E-state index is 0. The predicted octanol–water partition coefficient (Wildman–Crippen LogP) is 2.76. The van der Waals surface area contributed by atoms with Gasteiger partial charge < -0.3 is 15.5 Å². The Morgan fingerprint density at radius 3 is 2.29 bits per heavy atom. The first-order valence-corrected chi connectivity index (χ1v) is 7.80. The van der Waals surface area contributed by atoms with Crippen LogP contribution in [0, 0.1) is 5.41 Å². The van der Waals surface area contributed by atoms with Crippen LogP contribution >= 0.6 is 24.0 Å². The summed E-state index contributed by atoms with van der Waals surface area (Å²) in [7, 11) is 2.71. The summed E-state index contributed by atoms with van der Waals surface area (Å²) < 4.78 is 36.8. The van der Waals surface area contributed by atoms with Crippen LogP contribution in [0.15, 0.2) is 4.99 Å². The van der Waals surface area contributed by atoms with Crippen molar-refractivity contribution in [1.29, 1.82) is 0 Å². The number of nitrogens with zero attached hydrogens (tertiary/aromatic N) is 2. The number of nitrogens with one attached hydrogen (secondary N) is 2. The highest BCUT2D eigenvalue weighted by molar-refractivity contribution is 14.0. The molecule has 1 saturated carbocycles. The second-order valence-corrected chi connectivity index (χ2v) is 6.87. The number of rotatable bonds is 4. The number of hydrogen-bond acceptors (Lipinski definition) is 2. The van der Waals surface area contributed by atoms with E-state index >= 15 is 0 Å². The monoisotopic (exact) mass is 464 g/mol. The fourth-order valence-electron chi connectivity index (χ4n) is 2.58. The lowest BCUT2D eigenvalue weighted by molar-refractivity contribution is -0.157. The van der Waals surface area contributed by atoms with E-state index in [1.54, 1.807) is 7.05 Å². The summed E-state index contributed by atoms with van der Waals surface area (Å²) in [5.74, 6) is -0.182. The zero-order valence-corrected chi connectivity index (χ0v) is 17.0. The van der Waals surface area contributed by atoms with Crippen LogP contribution in [0.1, 0.15) is 39.5 Å². The van der Waals surface area contributed by atoms with Crippen LogP contribution in [0.25, 0.3) is 0 Å². The van der Waals surface area contributed by atoms with E-state index in [0.29, 0.717) is 16.3 Å². The molecule has 142 valence electrons. The first kappa shape index (κ1) is 23.3. The fourth-order valence-corrected chi connectivity index (χ4v) is 2.58. The van der Waals surface area contributed by atoms with E-state index in [1.807, 2.05) is 0 Å². The van der Waals surface area contributed by atoms with Crippen molar-refractivity contribution in [3.8, 4) is 0 Å². The number of halogens is 4. The van der Waals surface area contributed by atoms with Gasteiger partial charge in [-0.05, 0) is 31.1 Å². The fraction of sp³-hybridized carbons (Fsp3) is 0.867. The summed E-state index contributed by atoms with van der Waals surface area (Å²) in [6.45, 7) is 3.01. The second kappa shape index (κ2) is 9.67. The molecule has 0 heterocycles. The smallest absolute Gasteiger partial charge is 0.354 e. The van der Waals surface area contributed by atoms with Gasteiger partial charge in [0, 0.05) is 20.1 Å². The second-order valence-electron chi connectivity index (χ2n) is 6.87. The van der Waals surface area contributed by atoms with Crippen molar-refractivity contribution in [2.24, 2.45) is 10.4 Å². The van der Waals surface area contributed by atoms with E-state index in [2.05, 4.69) is 29.5 Å². The average Bonchev–Trinajstić information content (AvgIpc) is 2.42. The van der Waals surface area contributed by atoms with E-state index in [1.165, 1.54) is 0 Å². The van der Waals surface area contributed by atoms with E-state index in [4.69, 9.17) is 0 Å². The number of carbonyl (C=O) groups is 1. The number of alkyl halides is 3. The number of likely N-dealkylation sites (N-methyl/N-ethyl adjacent to an activating group) is 1. The molecule has 1 amide bonds. The molecule has 2 N–H and O–H groups in total. The minimum Gasteiger partial charge on any atom is -0.354 e. The van der Waals surface area contributed by atoms with Gasteiger partial charge in [0.1, 0.15) is 6.54 Å². The maximum atomic E-state index is 12.3. The Morgan fingerprint density at radius 2 is 1.83 bits per heavy atom. The molecule has 9 heteroatoms. The number of hydrogen-bond donors (Lipinski definition) is 2. The normalized spacial score (nSPS) is 18.5. The lowest BCUT2D eigenvalue weighted by Crippen LogP contribution is -2.49. The average molecular weight is 464 g/mol. The summed E-state index contributed by atoms with van der Waals surface area (Å²) >= 11 is 0. The zero-order valence-electron chi connectivity index (χ0n) is 14.7. The van der Waals surface area contributed by atoms with E-state index in [9.17, 15) is 18.0 Å². The van der Waals surface area contributed by atoms with Crippen molar-refractivity contribution in [3.63, 3.8) is 0 Å². The largest absolute Gasteiger partial charge is 0.406 e. The molecular weight excluding hydrogens is 436 g/mol. The molecule has 5 nitrogen and oxygen atoms in total. The summed E-state index contributed by atoms with van der Waals surface area (Å²) in [4.78, 5) is 16.4. The topological polar surface area (TPSA) is 56.7 Å². The molecule has 0 spiro atoms. The molecule has 0 unspecified atom stereocenters. The maximum absolute atomic E-state index is 12.3. The van der Waals surface area contributed by atoms with Crippen LogP contribution in [0.2, 0.25) is 0 Å². The van der Waals surface area contributed by atoms with Gasteiger partial charge in [-0.3, -0.25) is 9.79 Å². The highest BCUT2D eigenvalue weighted by Gasteiger charge is 2.31. The van der Waals surface area contributed by atoms with Crippen LogP contribution in [0.4, 0.5) is 13.2 Å². The Morgan fingerprint density at radius 1 is 1.29 bits per heavy atom. The third-order valence-electron chi connectivity index (χ3n) is 4.15. The summed E-state index contributed by atoms with van der Waals surface area (Å²) in [5, 5.41) is 6.02. The van der Waals surface area contributed by atoms with Gasteiger partial charge in [0.25, 0.3) is 0 Å². The van der Waals surface area contributed by atoms with Gasteiger partial charge in [0.2, 0.25) is 5.91 Å². The molecule has 1 rings (SSSR count). The standard InChI is InChI=1S/C15H27F3N4O.HI/c1-14(2)7-5-11(6-8-14)21-13(19-3)20-9-12(23)22(4)10-15(16,17)18;/h11H,5-10H2,1-4H3,(H2,19,20,21);1H. The van der Waals surface area contributed by atoms with Crippen LogP contribution < -0.4 is 10.6 Å². The SMILES string of the molecule is CN=C(NCC(=O)N(C)CC(F)(F)F)NC1CCC(C)(C)CC1.I. The first-order valence-electron chi connectivity index (χ1n) is 7.80. The maximum Gasteiger partial charge on any atom is 0.406 e. The van der Waals surface area contributed by atoms with Crippen molar-refractivity contribution >= 4 is 35.8 Å². The van der Waals surface area contributed by atoms with Crippen LogP contribution in [-0.4, -0.2) is 56.2 Å². The number of aliphatic imine (C=N–C) groups is 1. The molecule has 1 aliphatic carbocycles. The first-order chi connectivity index (χ1) is 10.5. The predicted molar refractivity (Wildman–Crippen MR) is 99.6 cm³/mol. The summed E-state index contributed by atoms with van der Waals surface area (Å²) in [5.41, 5.74) is 0.353. The Hall–Kier alpha value is -0.740. The van der Waals surface area contributed by atoms with Gasteiger partial charge in [-0.15, -0.1) is 24.0 Å². The van der Waals surface area contributed by atoms with E-state index < -0.39 is 18.6 Å². The van der Waals surface area contributed by atoms with Crippen molar-refractivity contribution in [3.05, 3.63) is 0 Å². The molecule has 0 aliphatic heterocycles. The molecule has 0 aromatic rings. The van der Waals surface area contributed by atoms with Crippen molar-refractivity contribution in [2.75, 3.05) is 27.2 Å². The lowest BCUT2D eigenvalue weighted by atomic mass is 9.75. The van der Waals surface area contributed by atoms with Crippen molar-refractivity contribution < 1.29 is 18.0 Å². The van der Waals surface area contributed by atoms with Gasteiger partial charge in [-0.1, -0.05) is 13.8 Å². The van der Waals surface area contributed by atoms with Gasteiger partial charge >= 0.3 is 6.18 Å². The molecule has 0 saturated heterocycles. The van der Waals surface area contributed by atoms with Crippen LogP contribution in [0.3, 0.4) is 0 Å². The molecule has 1 fully saturated rings. The molecule has 24 heavy (non-hydrogen) atoms. The van der Waals surface area contributed by atoms with Gasteiger partial charge in [0.15, 0.2) is 5.96 Å².